The van der Waals surface area contributed by atoms with E-state index < -0.39 is 0 Å². The molecule has 0 aliphatic carbocycles. The molecule has 1 unspecified atom stereocenters. The second-order valence-electron chi connectivity index (χ2n) is 3.01. The van der Waals surface area contributed by atoms with E-state index in [1.807, 2.05) is 24.3 Å². The second-order valence-corrected chi connectivity index (χ2v) is 3.01. The van der Waals surface area contributed by atoms with Crippen molar-refractivity contribution in [1.29, 1.82) is 0 Å². The van der Waals surface area contributed by atoms with E-state index in [1.165, 1.54) is 0 Å². The average molecular weight is 174 g/mol. The maximum Gasteiger partial charge on any atom is 0.119 e. The Morgan fingerprint density at radius 2 is 2.00 bits per heavy atom. The van der Waals surface area contributed by atoms with E-state index in [0.29, 0.717) is 0 Å². The van der Waals surface area contributed by atoms with Crippen LogP contribution in [0.5, 0.6) is 5.75 Å². The molecule has 0 aliphatic heterocycles. The Labute approximate surface area is 79.7 Å². The lowest BCUT2D eigenvalue weighted by Gasteiger charge is -2.11. The van der Waals surface area contributed by atoms with Gasteiger partial charge in [-0.15, -0.1) is 6.42 Å². The molecule has 0 saturated heterocycles. The predicted molar refractivity (Wildman–Crippen MR) is 54.8 cm³/mol. The molecule has 0 amide bonds. The Morgan fingerprint density at radius 3 is 2.46 bits per heavy atom. The Morgan fingerprint density at radius 1 is 1.38 bits per heavy atom. The monoisotopic (exact) mass is 174 g/mol. The minimum atomic E-state index is 0.261. The minimum absolute atomic E-state index is 0.261. The van der Waals surface area contributed by atoms with Crippen LogP contribution in [0.3, 0.4) is 0 Å². The van der Waals surface area contributed by atoms with E-state index in [0.717, 1.165) is 17.7 Å². The number of hydrogen-bond acceptors (Lipinski definition) is 1. The first-order valence-electron chi connectivity index (χ1n) is 4.49. The summed E-state index contributed by atoms with van der Waals surface area (Å²) in [5.41, 5.74) is 0.886. The van der Waals surface area contributed by atoms with E-state index in [1.54, 1.807) is 0 Å². The van der Waals surface area contributed by atoms with Crippen LogP contribution in [0.4, 0.5) is 0 Å². The van der Waals surface area contributed by atoms with Gasteiger partial charge >= 0.3 is 0 Å². The molecule has 0 saturated carbocycles. The summed E-state index contributed by atoms with van der Waals surface area (Å²) in [6.45, 7) is 4.15. The third-order valence-corrected chi connectivity index (χ3v) is 1.93. The van der Waals surface area contributed by atoms with Crippen LogP contribution < -0.4 is 4.74 Å². The molecule has 1 rings (SSSR count). The molecule has 1 aromatic carbocycles. The lowest BCUT2D eigenvalue weighted by atomic mass is 10.2. The zero-order valence-electron chi connectivity index (χ0n) is 8.08. The Bertz CT molecular complexity index is 292. The van der Waals surface area contributed by atoms with Gasteiger partial charge in [-0.3, -0.25) is 0 Å². The number of ether oxygens (including phenoxy) is 1. The topological polar surface area (TPSA) is 9.23 Å². The molecular formula is C12H14O. The van der Waals surface area contributed by atoms with Gasteiger partial charge in [0.2, 0.25) is 0 Å². The van der Waals surface area contributed by atoms with Crippen LogP contribution in [0.1, 0.15) is 25.8 Å². The van der Waals surface area contributed by atoms with Crippen LogP contribution in [-0.4, -0.2) is 6.10 Å². The van der Waals surface area contributed by atoms with Gasteiger partial charge in [-0.25, -0.2) is 0 Å². The molecule has 0 spiro atoms. The molecule has 0 heterocycles. The third-order valence-electron chi connectivity index (χ3n) is 1.93. The van der Waals surface area contributed by atoms with Gasteiger partial charge in [0.05, 0.1) is 6.10 Å². The van der Waals surface area contributed by atoms with E-state index in [2.05, 4.69) is 19.8 Å². The molecule has 1 aromatic rings. The molecule has 0 aromatic heterocycles. The lowest BCUT2D eigenvalue weighted by Crippen LogP contribution is -2.09. The highest BCUT2D eigenvalue weighted by molar-refractivity contribution is 5.36. The molecule has 0 fully saturated rings. The largest absolute Gasteiger partial charge is 0.491 e. The van der Waals surface area contributed by atoms with E-state index in [9.17, 15) is 0 Å². The van der Waals surface area contributed by atoms with Gasteiger partial charge < -0.3 is 4.74 Å². The van der Waals surface area contributed by atoms with Gasteiger partial charge in [0.15, 0.2) is 0 Å². The summed E-state index contributed by atoms with van der Waals surface area (Å²) < 4.78 is 5.59. The maximum atomic E-state index is 5.59. The van der Waals surface area contributed by atoms with Gasteiger partial charge in [-0.2, -0.15) is 0 Å². The fourth-order valence-corrected chi connectivity index (χ4v) is 0.945. The zero-order chi connectivity index (χ0) is 9.68. The first kappa shape index (κ1) is 9.67. The first-order chi connectivity index (χ1) is 6.26. The smallest absolute Gasteiger partial charge is 0.119 e. The van der Waals surface area contributed by atoms with Crippen LogP contribution >= 0.6 is 0 Å². The highest BCUT2D eigenvalue weighted by Gasteiger charge is 1.99. The normalized spacial score (nSPS) is 11.8. The standard InChI is InChI=1S/C12H14O/c1-4-10(3)13-12-8-6-11(5-2)7-9-12/h2,6-10H,4H2,1,3H3. The van der Waals surface area contributed by atoms with Crippen molar-refractivity contribution in [2.24, 2.45) is 0 Å². The van der Waals surface area contributed by atoms with Crippen LogP contribution in [0, 0.1) is 12.3 Å². The van der Waals surface area contributed by atoms with Gasteiger partial charge in [0.1, 0.15) is 5.75 Å². The van der Waals surface area contributed by atoms with Crippen LogP contribution in [0.15, 0.2) is 24.3 Å². The van der Waals surface area contributed by atoms with Crippen molar-refractivity contribution in [2.45, 2.75) is 26.4 Å². The Balaban J connectivity index is 2.65. The predicted octanol–water partition coefficient (Wildman–Crippen LogP) is 2.85. The molecule has 0 aliphatic rings. The Hall–Kier alpha value is -1.42. The summed E-state index contributed by atoms with van der Waals surface area (Å²) in [6, 6.07) is 7.58. The fourth-order valence-electron chi connectivity index (χ4n) is 0.945. The van der Waals surface area contributed by atoms with Crippen molar-refractivity contribution in [3.63, 3.8) is 0 Å². The lowest BCUT2D eigenvalue weighted by molar-refractivity contribution is 0.217. The fraction of sp³-hybridized carbons (Fsp3) is 0.333. The molecule has 68 valence electrons. The van der Waals surface area contributed by atoms with Crippen molar-refractivity contribution >= 4 is 0 Å². The SMILES string of the molecule is C#Cc1ccc(OC(C)CC)cc1. The summed E-state index contributed by atoms with van der Waals surface area (Å²) >= 11 is 0. The van der Waals surface area contributed by atoms with Gasteiger partial charge in [-0.05, 0) is 37.6 Å². The summed E-state index contributed by atoms with van der Waals surface area (Å²) in [6.07, 6.45) is 6.51. The van der Waals surface area contributed by atoms with Gasteiger partial charge in [0.25, 0.3) is 0 Å². The van der Waals surface area contributed by atoms with E-state index in [-0.39, 0.29) is 6.10 Å². The van der Waals surface area contributed by atoms with Crippen molar-refractivity contribution in [2.75, 3.05) is 0 Å². The summed E-state index contributed by atoms with van der Waals surface area (Å²) in [4.78, 5) is 0. The highest BCUT2D eigenvalue weighted by Crippen LogP contribution is 2.14. The van der Waals surface area contributed by atoms with Crippen LogP contribution in [-0.2, 0) is 0 Å². The van der Waals surface area contributed by atoms with Crippen molar-refractivity contribution < 1.29 is 4.74 Å². The first-order valence-corrected chi connectivity index (χ1v) is 4.49. The molecule has 0 N–H and O–H groups in total. The molecule has 1 heteroatoms. The molecule has 0 radical (unpaired) electrons. The molecule has 13 heavy (non-hydrogen) atoms. The van der Waals surface area contributed by atoms with E-state index >= 15 is 0 Å². The number of benzene rings is 1. The molecule has 1 atom stereocenters. The number of hydrogen-bond donors (Lipinski definition) is 0. The molecular weight excluding hydrogens is 160 g/mol. The molecule has 0 bridgehead atoms. The quantitative estimate of drug-likeness (QED) is 0.640. The van der Waals surface area contributed by atoms with Gasteiger partial charge in [0, 0.05) is 5.56 Å². The number of terminal acetylenes is 1. The summed E-state index contributed by atoms with van der Waals surface area (Å²) in [7, 11) is 0. The highest BCUT2D eigenvalue weighted by atomic mass is 16.5. The Kier molecular flexibility index (Phi) is 3.40. The summed E-state index contributed by atoms with van der Waals surface area (Å²) in [5, 5.41) is 0. The minimum Gasteiger partial charge on any atom is -0.491 e. The van der Waals surface area contributed by atoms with E-state index in [4.69, 9.17) is 11.2 Å². The van der Waals surface area contributed by atoms with Crippen molar-refractivity contribution in [3.05, 3.63) is 29.8 Å². The molecule has 1 nitrogen and oxygen atoms in total. The van der Waals surface area contributed by atoms with Crippen molar-refractivity contribution in [1.82, 2.24) is 0 Å². The maximum absolute atomic E-state index is 5.59. The zero-order valence-corrected chi connectivity index (χ0v) is 8.08. The van der Waals surface area contributed by atoms with Gasteiger partial charge in [-0.1, -0.05) is 12.8 Å². The number of rotatable bonds is 3. The van der Waals surface area contributed by atoms with Crippen molar-refractivity contribution in [3.8, 4) is 18.1 Å². The summed E-state index contributed by atoms with van der Waals surface area (Å²) in [5.74, 6) is 3.45. The third kappa shape index (κ3) is 2.83. The average Bonchev–Trinajstić information content (AvgIpc) is 2.19. The van der Waals surface area contributed by atoms with Crippen LogP contribution in [0.2, 0.25) is 0 Å². The van der Waals surface area contributed by atoms with Crippen LogP contribution in [0.25, 0.3) is 0 Å². The second kappa shape index (κ2) is 4.57.